The van der Waals surface area contributed by atoms with Gasteiger partial charge in [-0.1, -0.05) is 36.4 Å². The normalized spacial score (nSPS) is 13.5. The van der Waals surface area contributed by atoms with Gasteiger partial charge in [0.05, 0.1) is 5.52 Å². The fourth-order valence-corrected chi connectivity index (χ4v) is 4.68. The summed E-state index contributed by atoms with van der Waals surface area (Å²) in [5.41, 5.74) is 7.28. The second kappa shape index (κ2) is 7.73. The van der Waals surface area contributed by atoms with Gasteiger partial charge in [0.1, 0.15) is 11.6 Å². The number of hydrogen-bond donors (Lipinski definition) is 1. The zero-order valence-corrected chi connectivity index (χ0v) is 18.2. The topological polar surface area (TPSA) is 33.1 Å². The van der Waals surface area contributed by atoms with Crippen LogP contribution in [0.2, 0.25) is 0 Å². The molecular weight excluding hydrogens is 387 g/mol. The molecule has 0 atom stereocenters. The van der Waals surface area contributed by atoms with E-state index in [2.05, 4.69) is 59.0 Å². The zero-order chi connectivity index (χ0) is 21.5. The van der Waals surface area contributed by atoms with Gasteiger partial charge in [0.2, 0.25) is 0 Å². The first-order valence-corrected chi connectivity index (χ1v) is 10.8. The van der Waals surface area contributed by atoms with E-state index in [1.165, 1.54) is 33.8 Å². The van der Waals surface area contributed by atoms with E-state index >= 15 is 0 Å². The molecule has 0 aliphatic carbocycles. The zero-order valence-electron chi connectivity index (χ0n) is 18.2. The van der Waals surface area contributed by atoms with E-state index in [-0.39, 0.29) is 5.82 Å². The molecule has 0 unspecified atom stereocenters. The Labute approximate surface area is 182 Å². The number of anilines is 2. The van der Waals surface area contributed by atoms with Crippen molar-refractivity contribution in [3.63, 3.8) is 0 Å². The average Bonchev–Trinajstić information content (AvgIpc) is 3.03. The molecule has 0 saturated heterocycles. The highest BCUT2D eigenvalue weighted by molar-refractivity contribution is 5.95. The van der Waals surface area contributed by atoms with Gasteiger partial charge in [0, 0.05) is 37.8 Å². The minimum atomic E-state index is -0.202. The van der Waals surface area contributed by atoms with Crippen LogP contribution in [0.4, 0.5) is 16.0 Å². The maximum Gasteiger partial charge on any atom is 0.155 e. The highest BCUT2D eigenvalue weighted by atomic mass is 19.1. The van der Waals surface area contributed by atoms with E-state index in [4.69, 9.17) is 4.98 Å². The van der Waals surface area contributed by atoms with Crippen molar-refractivity contribution in [2.75, 3.05) is 23.8 Å². The quantitative estimate of drug-likeness (QED) is 0.482. The van der Waals surface area contributed by atoms with E-state index in [0.29, 0.717) is 6.54 Å². The van der Waals surface area contributed by atoms with Crippen molar-refractivity contribution in [1.29, 1.82) is 0 Å². The first kappa shape index (κ1) is 19.6. The van der Waals surface area contributed by atoms with Crippen LogP contribution >= 0.6 is 0 Å². The third-order valence-corrected chi connectivity index (χ3v) is 6.51. The molecule has 0 amide bonds. The summed E-state index contributed by atoms with van der Waals surface area (Å²) in [6, 6.07) is 17.7. The summed E-state index contributed by atoms with van der Waals surface area (Å²) in [6.07, 6.45) is 1.01. The molecule has 2 aromatic carbocycles. The Balaban J connectivity index is 1.67. The second-order valence-electron chi connectivity index (χ2n) is 8.34. The fourth-order valence-electron chi connectivity index (χ4n) is 4.68. The molecule has 0 bridgehead atoms. The molecule has 3 heterocycles. The van der Waals surface area contributed by atoms with Gasteiger partial charge in [0.25, 0.3) is 0 Å². The van der Waals surface area contributed by atoms with Crippen LogP contribution in [-0.2, 0) is 19.5 Å². The van der Waals surface area contributed by atoms with E-state index in [1.807, 2.05) is 13.1 Å². The van der Waals surface area contributed by atoms with Crippen molar-refractivity contribution < 1.29 is 4.39 Å². The predicted octanol–water partition coefficient (Wildman–Crippen LogP) is 5.44. The van der Waals surface area contributed by atoms with Gasteiger partial charge in [-0.15, -0.1) is 0 Å². The second-order valence-corrected chi connectivity index (χ2v) is 8.34. The number of nitrogens with one attached hydrogen (secondary N) is 1. The highest BCUT2D eigenvalue weighted by Crippen LogP contribution is 2.36. The van der Waals surface area contributed by atoms with Crippen molar-refractivity contribution in [1.82, 2.24) is 9.55 Å². The number of benzene rings is 2. The number of nitrogens with zero attached hydrogens (tertiary/aromatic N) is 3. The number of rotatable bonds is 4. The summed E-state index contributed by atoms with van der Waals surface area (Å²) in [5.74, 6) is 1.66. The highest BCUT2D eigenvalue weighted by Gasteiger charge is 2.24. The Morgan fingerprint density at radius 3 is 2.61 bits per heavy atom. The minimum absolute atomic E-state index is 0.202. The van der Waals surface area contributed by atoms with Gasteiger partial charge < -0.3 is 14.8 Å². The smallest absolute Gasteiger partial charge is 0.155 e. The van der Waals surface area contributed by atoms with Crippen LogP contribution in [-0.4, -0.2) is 23.1 Å². The maximum atomic E-state index is 13.9. The number of pyridine rings is 1. The summed E-state index contributed by atoms with van der Waals surface area (Å²) < 4.78 is 16.2. The Kier molecular flexibility index (Phi) is 4.89. The summed E-state index contributed by atoms with van der Waals surface area (Å²) in [6.45, 7) is 6.69. The Bertz CT molecular complexity index is 1270. The number of aromatic nitrogens is 2. The van der Waals surface area contributed by atoms with Gasteiger partial charge in [-0.25, -0.2) is 9.37 Å². The molecule has 2 aromatic heterocycles. The van der Waals surface area contributed by atoms with Crippen molar-refractivity contribution in [2.45, 2.75) is 33.4 Å². The predicted molar refractivity (Wildman–Crippen MR) is 125 cm³/mol. The Morgan fingerprint density at radius 2 is 1.84 bits per heavy atom. The van der Waals surface area contributed by atoms with Crippen LogP contribution in [0.25, 0.3) is 10.9 Å². The van der Waals surface area contributed by atoms with Crippen LogP contribution < -0.4 is 10.2 Å². The molecule has 0 spiro atoms. The average molecular weight is 415 g/mol. The maximum absolute atomic E-state index is 13.9. The van der Waals surface area contributed by atoms with Gasteiger partial charge >= 0.3 is 0 Å². The largest absolute Gasteiger partial charge is 0.373 e. The summed E-state index contributed by atoms with van der Waals surface area (Å²) >= 11 is 0. The molecule has 0 saturated carbocycles. The molecule has 1 aliphatic heterocycles. The lowest BCUT2D eigenvalue weighted by Crippen LogP contribution is -2.31. The van der Waals surface area contributed by atoms with Gasteiger partial charge in [-0.3, -0.25) is 0 Å². The molecule has 5 rings (SSSR count). The fraction of sp³-hybridized carbons (Fsp3) is 0.269. The number of halogens is 1. The third kappa shape index (κ3) is 3.44. The van der Waals surface area contributed by atoms with Crippen LogP contribution in [0.5, 0.6) is 0 Å². The molecule has 1 aliphatic rings. The SMILES string of the molecule is CNc1cc2c(C)c(C)n(Cc3cccc(F)c3)c2c(N2CCc3ccccc3C2)n1. The lowest BCUT2D eigenvalue weighted by atomic mass is 10.00. The number of fused-ring (bicyclic) bond motifs is 2. The first-order chi connectivity index (χ1) is 15.0. The summed E-state index contributed by atoms with van der Waals surface area (Å²) in [5, 5.41) is 4.43. The number of hydrogen-bond acceptors (Lipinski definition) is 3. The van der Waals surface area contributed by atoms with Gasteiger partial charge in [-0.2, -0.15) is 0 Å². The molecule has 0 fully saturated rings. The summed E-state index contributed by atoms with van der Waals surface area (Å²) in [4.78, 5) is 7.39. The lowest BCUT2D eigenvalue weighted by molar-refractivity contribution is 0.623. The van der Waals surface area contributed by atoms with E-state index < -0.39 is 0 Å². The Morgan fingerprint density at radius 1 is 1.03 bits per heavy atom. The van der Waals surface area contributed by atoms with Crippen LogP contribution in [0.15, 0.2) is 54.6 Å². The van der Waals surface area contributed by atoms with E-state index in [1.54, 1.807) is 12.1 Å². The molecule has 1 N–H and O–H groups in total. The standard InChI is InChI=1S/C26H27FN4/c1-17-18(2)31(15-19-7-6-10-22(27)13-19)25-23(17)14-24(28-3)29-26(25)30-12-11-20-8-4-5-9-21(20)16-30/h4-10,13-14H,11-12,15-16H2,1-3H3,(H,28,29). The number of aryl methyl sites for hydroxylation is 1. The molecule has 5 heteroatoms. The molecule has 4 aromatic rings. The minimum Gasteiger partial charge on any atom is -0.373 e. The lowest BCUT2D eigenvalue weighted by Gasteiger charge is -2.31. The van der Waals surface area contributed by atoms with Crippen LogP contribution in [0.1, 0.15) is 27.9 Å². The third-order valence-electron chi connectivity index (χ3n) is 6.51. The van der Waals surface area contributed by atoms with Crippen LogP contribution in [0.3, 0.4) is 0 Å². The van der Waals surface area contributed by atoms with Crippen molar-refractivity contribution >= 4 is 22.5 Å². The van der Waals surface area contributed by atoms with Crippen LogP contribution in [0, 0.1) is 19.7 Å². The van der Waals surface area contributed by atoms with Gasteiger partial charge in [-0.05, 0) is 60.7 Å². The molecule has 4 nitrogen and oxygen atoms in total. The van der Waals surface area contributed by atoms with Crippen molar-refractivity contribution in [3.05, 3.63) is 88.4 Å². The molecule has 158 valence electrons. The van der Waals surface area contributed by atoms with Crippen molar-refractivity contribution in [3.8, 4) is 0 Å². The molecular formula is C26H27FN4. The molecule has 31 heavy (non-hydrogen) atoms. The van der Waals surface area contributed by atoms with Crippen molar-refractivity contribution in [2.24, 2.45) is 0 Å². The first-order valence-electron chi connectivity index (χ1n) is 10.8. The van der Waals surface area contributed by atoms with Gasteiger partial charge in [0.15, 0.2) is 5.82 Å². The Hall–Kier alpha value is -3.34. The van der Waals surface area contributed by atoms with E-state index in [9.17, 15) is 4.39 Å². The monoisotopic (exact) mass is 414 g/mol. The summed E-state index contributed by atoms with van der Waals surface area (Å²) in [7, 11) is 1.91. The van der Waals surface area contributed by atoms with E-state index in [0.717, 1.165) is 42.2 Å². The molecule has 0 radical (unpaired) electrons.